The van der Waals surface area contributed by atoms with Crippen LogP contribution in [0.15, 0.2) is 182 Å². The monoisotopic (exact) mass is 806 g/mol. The second-order valence-electron chi connectivity index (χ2n) is 10.5. The molecule has 0 aliphatic rings. The van der Waals surface area contributed by atoms with Gasteiger partial charge in [0, 0.05) is 0 Å². The van der Waals surface area contributed by atoms with Crippen molar-refractivity contribution in [1.29, 1.82) is 0 Å². The molecular formula is C36H32B2F8P2Pd-2. The molecule has 0 saturated carbocycles. The van der Waals surface area contributed by atoms with Crippen molar-refractivity contribution in [2.75, 3.05) is 0 Å². The average molecular weight is 807 g/mol. The Balaban J connectivity index is 0.000000477. The quantitative estimate of drug-likeness (QED) is 0.0820. The summed E-state index contributed by atoms with van der Waals surface area (Å²) in [6, 6.07) is 68.4. The van der Waals surface area contributed by atoms with Crippen molar-refractivity contribution in [1.82, 2.24) is 0 Å². The van der Waals surface area contributed by atoms with Crippen molar-refractivity contribution < 1.29 is 51.5 Å². The molecule has 0 saturated heterocycles. The maximum absolute atomic E-state index is 9.75. The van der Waals surface area contributed by atoms with Gasteiger partial charge in [-0.25, -0.2) is 0 Å². The Bertz CT molecular complexity index is 1480. The molecule has 0 atom stereocenters. The van der Waals surface area contributed by atoms with Gasteiger partial charge >= 0.3 is 256 Å². The molecule has 13 heteroatoms. The first-order valence-electron chi connectivity index (χ1n) is 15.0. The molecule has 0 amide bonds. The van der Waals surface area contributed by atoms with Crippen LogP contribution >= 0.6 is 10.9 Å². The van der Waals surface area contributed by atoms with Crippen LogP contribution in [0.25, 0.3) is 0 Å². The van der Waals surface area contributed by atoms with E-state index in [1.54, 1.807) is 0 Å². The maximum atomic E-state index is 9.75. The summed E-state index contributed by atoms with van der Waals surface area (Å²) in [7, 11) is -12.0. The summed E-state index contributed by atoms with van der Waals surface area (Å²) in [6.45, 7) is 0. The average Bonchev–Trinajstić information content (AvgIpc) is 3.10. The Morgan fingerprint density at radius 2 is 0.388 bits per heavy atom. The molecule has 49 heavy (non-hydrogen) atoms. The van der Waals surface area contributed by atoms with Crippen LogP contribution in [-0.4, -0.2) is 14.5 Å². The summed E-state index contributed by atoms with van der Waals surface area (Å²) < 4.78 is 78.0. The molecular weight excluding hydrogens is 774 g/mol. The molecule has 0 aromatic heterocycles. The van der Waals surface area contributed by atoms with E-state index in [9.17, 15) is 34.5 Å². The van der Waals surface area contributed by atoms with E-state index in [1.807, 2.05) is 0 Å². The number of rotatable bonds is 8. The van der Waals surface area contributed by atoms with Crippen LogP contribution in [0.1, 0.15) is 0 Å². The summed E-state index contributed by atoms with van der Waals surface area (Å²) >= 11 is 0.381. The standard InChI is InChI=1S/2C18H15P.2BF4.Pd/c2*1-4-10-16(11-5-1)19(17-12-6-2-7-13-17)18-14-8-3-9-15-18;2*2-1(3,4)5;/h2*1-15H;;;/q;;2*-1;-2/p+2. The van der Waals surface area contributed by atoms with Crippen LogP contribution in [0.4, 0.5) is 34.5 Å². The molecule has 6 rings (SSSR count). The molecule has 0 bridgehead atoms. The molecule has 0 nitrogen and oxygen atoms in total. The minimum atomic E-state index is -6.00. The fourth-order valence-electron chi connectivity index (χ4n) is 5.40. The topological polar surface area (TPSA) is 0 Å². The van der Waals surface area contributed by atoms with E-state index in [2.05, 4.69) is 182 Å². The van der Waals surface area contributed by atoms with Gasteiger partial charge in [0.1, 0.15) is 0 Å². The van der Waals surface area contributed by atoms with E-state index in [0.29, 0.717) is 17.0 Å². The third-order valence-corrected chi connectivity index (χ3v) is 34.2. The first-order chi connectivity index (χ1) is 23.3. The summed E-state index contributed by atoms with van der Waals surface area (Å²) in [6.07, 6.45) is 0. The number of benzene rings is 6. The van der Waals surface area contributed by atoms with Crippen LogP contribution in [0.5, 0.6) is 0 Å². The first kappa shape index (κ1) is 38.2. The Morgan fingerprint density at radius 1 is 0.265 bits per heavy atom. The van der Waals surface area contributed by atoms with Gasteiger partial charge in [-0.05, 0) is 0 Å². The van der Waals surface area contributed by atoms with Gasteiger partial charge in [-0.1, -0.05) is 0 Å². The minimum absolute atomic E-state index is 0.381. The molecule has 260 valence electrons. The van der Waals surface area contributed by atoms with Crippen LogP contribution in [0.3, 0.4) is 0 Å². The molecule has 0 aliphatic carbocycles. The van der Waals surface area contributed by atoms with E-state index in [1.165, 1.54) is 31.8 Å². The molecule has 6 aromatic carbocycles. The second-order valence-corrected chi connectivity index (χ2v) is 27.5. The number of hydrogen-bond donors (Lipinski definition) is 0. The summed E-state index contributed by atoms with van der Waals surface area (Å²) in [5, 5.41) is 8.89. The van der Waals surface area contributed by atoms with Gasteiger partial charge in [0.15, 0.2) is 0 Å². The zero-order valence-corrected chi connectivity index (χ0v) is 29.4. The van der Waals surface area contributed by atoms with Crippen LogP contribution < -0.4 is 31.8 Å². The molecule has 0 aliphatic heterocycles. The molecule has 0 unspecified atom stereocenters. The molecule has 6 aromatic rings. The van der Waals surface area contributed by atoms with Crippen LogP contribution in [0, 0.1) is 0 Å². The van der Waals surface area contributed by atoms with Crippen molar-refractivity contribution in [2.24, 2.45) is 0 Å². The third-order valence-electron chi connectivity index (χ3n) is 7.16. The SMILES string of the molecule is F[B-](F)(F)F.F[B-](F)(F)F.c1ccc([PH]([Pd][PH](c2ccccc2)(c2ccccc2)c2ccccc2)(c2ccccc2)c2ccccc2)cc1. The Morgan fingerprint density at radius 3 is 0.510 bits per heavy atom. The number of hydrogen-bond acceptors (Lipinski definition) is 0. The van der Waals surface area contributed by atoms with Crippen molar-refractivity contribution >= 4 is 57.2 Å². The van der Waals surface area contributed by atoms with E-state index in [-0.39, 0.29) is 0 Å². The van der Waals surface area contributed by atoms with Crippen LogP contribution in [0.2, 0.25) is 0 Å². The molecule has 0 fully saturated rings. The van der Waals surface area contributed by atoms with Gasteiger partial charge in [-0.3, -0.25) is 0 Å². The third kappa shape index (κ3) is 10.7. The van der Waals surface area contributed by atoms with Crippen molar-refractivity contribution in [3.8, 4) is 0 Å². The molecule has 0 spiro atoms. The van der Waals surface area contributed by atoms with Gasteiger partial charge in [0.2, 0.25) is 0 Å². The van der Waals surface area contributed by atoms with Gasteiger partial charge in [0.05, 0.1) is 0 Å². The first-order valence-corrected chi connectivity index (χ1v) is 23.3. The van der Waals surface area contributed by atoms with Crippen molar-refractivity contribution in [3.05, 3.63) is 182 Å². The van der Waals surface area contributed by atoms with E-state index >= 15 is 0 Å². The molecule has 0 radical (unpaired) electrons. The molecule has 0 heterocycles. The van der Waals surface area contributed by atoms with E-state index in [0.717, 1.165) is 0 Å². The summed E-state index contributed by atoms with van der Waals surface area (Å²) in [5.41, 5.74) is -4.99. The number of halogens is 8. The van der Waals surface area contributed by atoms with Crippen molar-refractivity contribution in [2.45, 2.75) is 0 Å². The fourth-order valence-corrected chi connectivity index (χ4v) is 39.4. The van der Waals surface area contributed by atoms with Crippen molar-refractivity contribution in [3.63, 3.8) is 0 Å². The Labute approximate surface area is 289 Å². The summed E-state index contributed by atoms with van der Waals surface area (Å²) in [4.78, 5) is 0. The van der Waals surface area contributed by atoms with Gasteiger partial charge in [-0.15, -0.1) is 0 Å². The molecule has 0 N–H and O–H groups in total. The van der Waals surface area contributed by atoms with Crippen LogP contribution in [-0.2, 0) is 17.0 Å². The zero-order valence-electron chi connectivity index (χ0n) is 25.8. The Hall–Kier alpha value is -3.59. The van der Waals surface area contributed by atoms with Gasteiger partial charge in [0.25, 0.3) is 0 Å². The fraction of sp³-hybridized carbons (Fsp3) is 0. The second kappa shape index (κ2) is 17.4. The predicted octanol–water partition coefficient (Wildman–Crippen LogP) is 8.95. The van der Waals surface area contributed by atoms with Gasteiger partial charge in [-0.2, -0.15) is 0 Å². The summed E-state index contributed by atoms with van der Waals surface area (Å²) in [5.74, 6) is 0. The predicted molar refractivity (Wildman–Crippen MR) is 193 cm³/mol. The van der Waals surface area contributed by atoms with Gasteiger partial charge < -0.3 is 34.5 Å². The van der Waals surface area contributed by atoms with E-state index in [4.69, 9.17) is 0 Å². The van der Waals surface area contributed by atoms with E-state index < -0.39 is 25.4 Å². The normalized spacial score (nSPS) is 12.5. The Kier molecular flexibility index (Phi) is 13.5. The zero-order chi connectivity index (χ0) is 35.4.